The van der Waals surface area contributed by atoms with Crippen LogP contribution in [0.15, 0.2) is 42.5 Å². The number of nitrogens with one attached hydrogen (secondary N) is 2. The van der Waals surface area contributed by atoms with Crippen molar-refractivity contribution >= 4 is 46.4 Å². The van der Waals surface area contributed by atoms with Crippen molar-refractivity contribution < 1.29 is 19.5 Å². The summed E-state index contributed by atoms with van der Waals surface area (Å²) >= 11 is 0. The van der Waals surface area contributed by atoms with Crippen molar-refractivity contribution in [2.75, 3.05) is 0 Å². The van der Waals surface area contributed by atoms with Gasteiger partial charge >= 0.3 is 0 Å². The topological polar surface area (TPSA) is 57.4 Å². The van der Waals surface area contributed by atoms with Gasteiger partial charge < -0.3 is 9.97 Å². The van der Waals surface area contributed by atoms with Crippen LogP contribution in [0, 0.1) is 0 Å². The molecule has 29 heavy (non-hydrogen) atoms. The summed E-state index contributed by atoms with van der Waals surface area (Å²) in [4.78, 5) is 16.4. The Kier molecular flexibility index (Phi) is 5.34. The average Bonchev–Trinajstić information content (AvgIpc) is 3.45. The van der Waals surface area contributed by atoms with Gasteiger partial charge in [-0.2, -0.15) is 0 Å². The summed E-state index contributed by atoms with van der Waals surface area (Å²) in [7, 11) is 0. The van der Waals surface area contributed by atoms with Crippen LogP contribution in [0.2, 0.25) is 0 Å². The molecule has 3 aromatic heterocycles. The molecule has 5 rings (SSSR count). The van der Waals surface area contributed by atoms with Crippen molar-refractivity contribution in [1.82, 2.24) is 19.9 Å². The zero-order chi connectivity index (χ0) is 19.1. The largest absolute Gasteiger partial charge is 0.355 e. The minimum Gasteiger partial charge on any atom is -0.355 e. The molecular weight excluding hydrogens is 410 g/mol. The quantitative estimate of drug-likeness (QED) is 0.328. The number of H-pyrrole nitrogens is 2. The zero-order valence-corrected chi connectivity index (χ0v) is 19.7. The van der Waals surface area contributed by atoms with E-state index in [0.717, 1.165) is 51.3 Å². The van der Waals surface area contributed by atoms with Crippen LogP contribution in [0.3, 0.4) is 0 Å². The van der Waals surface area contributed by atoms with Gasteiger partial charge in [-0.15, -0.1) is 0 Å². The summed E-state index contributed by atoms with van der Waals surface area (Å²) in [6.07, 6.45) is 9.24. The molecule has 2 aliphatic rings. The molecule has 0 saturated carbocycles. The van der Waals surface area contributed by atoms with E-state index in [1.807, 2.05) is 24.3 Å². The van der Waals surface area contributed by atoms with Crippen LogP contribution in [0.25, 0.3) is 46.4 Å². The number of rotatable bonds is 2. The Morgan fingerprint density at radius 2 is 1.31 bits per heavy atom. The molecule has 1 atom stereocenters. The standard InChI is InChI=1S/C24H22N4.Zn/c1-3-15(2)23-13-22-12-20-7-6-18(26-20)10-16-4-5-17(25-16)11-19-8-9-21(27-19)14-24(23)28-22;/h4-15,26,28H,3H2,1-2H3;. The second kappa shape index (κ2) is 7.92. The van der Waals surface area contributed by atoms with E-state index in [2.05, 4.69) is 71.3 Å². The van der Waals surface area contributed by atoms with Gasteiger partial charge in [-0.05, 0) is 84.7 Å². The van der Waals surface area contributed by atoms with Crippen LogP contribution < -0.4 is 0 Å². The number of nitrogens with zero attached hydrogens (tertiary/aromatic N) is 2. The number of aromatic nitrogens is 4. The number of hydrogen-bond donors (Lipinski definition) is 2. The van der Waals surface area contributed by atoms with Crippen molar-refractivity contribution in [2.45, 2.75) is 26.2 Å². The Labute approximate surface area is 182 Å². The molecule has 140 valence electrons. The van der Waals surface area contributed by atoms with Crippen LogP contribution in [0.5, 0.6) is 0 Å². The summed E-state index contributed by atoms with van der Waals surface area (Å²) in [6, 6.07) is 14.8. The molecule has 0 fully saturated rings. The van der Waals surface area contributed by atoms with Crippen LogP contribution in [-0.4, -0.2) is 19.9 Å². The Bertz CT molecular complexity index is 1280. The third-order valence-corrected chi connectivity index (χ3v) is 5.34. The maximum atomic E-state index is 4.75. The summed E-state index contributed by atoms with van der Waals surface area (Å²) in [5.74, 6) is 0.479. The molecule has 1 unspecified atom stereocenters. The molecule has 5 heterocycles. The molecule has 0 radical (unpaired) electrons. The Morgan fingerprint density at radius 3 is 1.97 bits per heavy atom. The second-order valence-corrected chi connectivity index (χ2v) is 7.44. The average molecular weight is 432 g/mol. The number of hydrogen-bond acceptors (Lipinski definition) is 2. The first-order chi connectivity index (χ1) is 13.7. The van der Waals surface area contributed by atoms with Gasteiger partial charge in [0.1, 0.15) is 0 Å². The van der Waals surface area contributed by atoms with Crippen LogP contribution in [0.1, 0.15) is 54.5 Å². The molecule has 3 aromatic rings. The zero-order valence-electron chi connectivity index (χ0n) is 16.7. The van der Waals surface area contributed by atoms with E-state index >= 15 is 0 Å². The first kappa shape index (κ1) is 19.5. The van der Waals surface area contributed by atoms with Gasteiger partial charge in [-0.3, -0.25) is 0 Å². The molecule has 5 heteroatoms. The van der Waals surface area contributed by atoms with Crippen LogP contribution in [-0.2, 0) is 19.5 Å². The fourth-order valence-electron chi connectivity index (χ4n) is 3.67. The first-order valence-corrected chi connectivity index (χ1v) is 9.74. The third-order valence-electron chi connectivity index (χ3n) is 5.34. The van der Waals surface area contributed by atoms with Gasteiger partial charge in [-0.25, -0.2) is 9.97 Å². The maximum absolute atomic E-state index is 4.75. The molecule has 8 bridgehead atoms. The predicted octanol–water partition coefficient (Wildman–Crippen LogP) is 6.17. The predicted molar refractivity (Wildman–Crippen MR) is 118 cm³/mol. The van der Waals surface area contributed by atoms with E-state index in [9.17, 15) is 0 Å². The van der Waals surface area contributed by atoms with Crippen molar-refractivity contribution in [3.05, 3.63) is 70.8 Å². The van der Waals surface area contributed by atoms with E-state index in [1.54, 1.807) is 0 Å². The molecule has 0 saturated heterocycles. The van der Waals surface area contributed by atoms with Crippen molar-refractivity contribution in [2.24, 2.45) is 0 Å². The number of fused-ring (bicyclic) bond motifs is 8. The number of aromatic amines is 2. The van der Waals surface area contributed by atoms with E-state index in [4.69, 9.17) is 4.98 Å². The summed E-state index contributed by atoms with van der Waals surface area (Å²) in [5.41, 5.74) is 9.39. The summed E-state index contributed by atoms with van der Waals surface area (Å²) < 4.78 is 0. The minimum absolute atomic E-state index is 0. The van der Waals surface area contributed by atoms with Gasteiger partial charge in [0.05, 0.1) is 22.8 Å². The van der Waals surface area contributed by atoms with E-state index in [-0.39, 0.29) is 19.5 Å². The summed E-state index contributed by atoms with van der Waals surface area (Å²) in [5, 5.41) is 0. The monoisotopic (exact) mass is 430 g/mol. The van der Waals surface area contributed by atoms with Crippen molar-refractivity contribution in [3.63, 3.8) is 0 Å². The van der Waals surface area contributed by atoms with Gasteiger partial charge in [0.25, 0.3) is 0 Å². The van der Waals surface area contributed by atoms with E-state index in [0.29, 0.717) is 5.92 Å². The maximum Gasteiger partial charge on any atom is 0.0659 e. The minimum atomic E-state index is 0. The SMILES string of the molecule is CCC(C)c1cc2cc3ccc(cc4nc(cc5nc(cc1[nH]2)C=C5)C=C4)[nH]3.[Zn]. The van der Waals surface area contributed by atoms with E-state index < -0.39 is 0 Å². The molecule has 0 spiro atoms. The van der Waals surface area contributed by atoms with Crippen LogP contribution >= 0.6 is 0 Å². The van der Waals surface area contributed by atoms with Crippen LogP contribution in [0.4, 0.5) is 0 Å². The van der Waals surface area contributed by atoms with Crippen molar-refractivity contribution in [1.29, 1.82) is 0 Å². The Hall–Kier alpha value is -2.78. The molecule has 0 aliphatic carbocycles. The van der Waals surface area contributed by atoms with Gasteiger partial charge in [-0.1, -0.05) is 13.8 Å². The molecule has 2 aliphatic heterocycles. The van der Waals surface area contributed by atoms with Gasteiger partial charge in [0.15, 0.2) is 0 Å². The molecular formula is C24H22N4Zn. The van der Waals surface area contributed by atoms with Gasteiger partial charge in [0, 0.05) is 41.5 Å². The molecule has 2 N–H and O–H groups in total. The second-order valence-electron chi connectivity index (χ2n) is 7.44. The normalized spacial score (nSPS) is 13.3. The first-order valence-electron chi connectivity index (χ1n) is 9.74. The van der Waals surface area contributed by atoms with Crippen molar-refractivity contribution in [3.8, 4) is 0 Å². The fraction of sp³-hybridized carbons (Fsp3) is 0.167. The summed E-state index contributed by atoms with van der Waals surface area (Å²) in [6.45, 7) is 4.49. The fourth-order valence-corrected chi connectivity index (χ4v) is 3.67. The third kappa shape index (κ3) is 4.01. The Morgan fingerprint density at radius 1 is 0.724 bits per heavy atom. The smallest absolute Gasteiger partial charge is 0.0659 e. The molecule has 4 nitrogen and oxygen atoms in total. The van der Waals surface area contributed by atoms with Gasteiger partial charge in [0.2, 0.25) is 0 Å². The molecule has 0 amide bonds. The van der Waals surface area contributed by atoms with E-state index in [1.165, 1.54) is 5.56 Å². The molecule has 0 aromatic carbocycles. The Balaban J connectivity index is 0.00000205.